The Bertz CT molecular complexity index is 1940. The molecular formula is C34H27ClF4N4O5. The maximum Gasteiger partial charge on any atom is 0.433 e. The number of anilines is 2. The lowest BCUT2D eigenvalue weighted by Crippen LogP contribution is -2.49. The van der Waals surface area contributed by atoms with E-state index in [-0.39, 0.29) is 17.9 Å². The highest BCUT2D eigenvalue weighted by Gasteiger charge is 2.68. The average molecular weight is 683 g/mol. The van der Waals surface area contributed by atoms with Crippen LogP contribution in [0, 0.1) is 34.9 Å². The van der Waals surface area contributed by atoms with Crippen molar-refractivity contribution >= 4 is 46.7 Å². The Hall–Kier alpha value is -4.78. The largest absolute Gasteiger partial charge is 0.505 e. The van der Waals surface area contributed by atoms with Crippen LogP contribution in [0.2, 0.25) is 5.02 Å². The molecule has 248 valence electrons. The van der Waals surface area contributed by atoms with Crippen LogP contribution in [0.5, 0.6) is 5.75 Å². The number of rotatable bonds is 4. The molecule has 4 aliphatic rings. The minimum atomic E-state index is -4.82. The Morgan fingerprint density at radius 2 is 1.69 bits per heavy atom. The number of phenols is 1. The Balaban J connectivity index is 1.32. The highest BCUT2D eigenvalue weighted by Crippen LogP contribution is 2.63. The fraction of sp³-hybridized carbons (Fsp3) is 0.324. The maximum absolute atomic E-state index is 14.9. The molecule has 2 saturated heterocycles. The van der Waals surface area contributed by atoms with Gasteiger partial charge in [0.15, 0.2) is 17.4 Å². The summed E-state index contributed by atoms with van der Waals surface area (Å²) in [6, 6.07) is 13.7. The molecule has 48 heavy (non-hydrogen) atoms. The zero-order valence-corrected chi connectivity index (χ0v) is 26.2. The summed E-state index contributed by atoms with van der Waals surface area (Å²) in [6.45, 7) is 1.64. The fourth-order valence-corrected chi connectivity index (χ4v) is 8.34. The number of alkyl halides is 3. The lowest BCUT2D eigenvalue weighted by molar-refractivity contribution is -0.141. The van der Waals surface area contributed by atoms with Gasteiger partial charge < -0.3 is 5.11 Å². The van der Waals surface area contributed by atoms with Crippen LogP contribution < -0.4 is 9.91 Å². The van der Waals surface area contributed by atoms with E-state index >= 15 is 0 Å². The second-order valence-electron chi connectivity index (χ2n) is 12.7. The van der Waals surface area contributed by atoms with E-state index in [0.717, 1.165) is 33.1 Å². The van der Waals surface area contributed by atoms with Crippen molar-refractivity contribution in [1.82, 2.24) is 9.99 Å². The van der Waals surface area contributed by atoms with Gasteiger partial charge >= 0.3 is 6.18 Å². The molecule has 3 heterocycles. The zero-order chi connectivity index (χ0) is 34.4. The number of hydrazine groups is 1. The van der Waals surface area contributed by atoms with E-state index in [2.05, 4.69) is 4.98 Å². The van der Waals surface area contributed by atoms with E-state index in [1.807, 2.05) is 0 Å². The molecule has 0 spiro atoms. The summed E-state index contributed by atoms with van der Waals surface area (Å²) < 4.78 is 55.4. The average Bonchev–Trinajstić information content (AvgIpc) is 3.41. The van der Waals surface area contributed by atoms with E-state index in [0.29, 0.717) is 22.9 Å². The van der Waals surface area contributed by atoms with E-state index in [1.54, 1.807) is 43.3 Å². The number of pyridine rings is 1. The van der Waals surface area contributed by atoms with Crippen LogP contribution in [-0.4, -0.2) is 45.8 Å². The maximum atomic E-state index is 14.9. The summed E-state index contributed by atoms with van der Waals surface area (Å²) >= 11 is 6.21. The molecule has 1 N–H and O–H groups in total. The SMILES string of the molecule is CN(c1nc(C(F)(F)F)ccc1Cl)N1C(=O)C2CC=C3C(CC4C(=O)N(c5ccccc5)C(=O)C4(C)C3c3ccc(O)c(F)c3)C2C1=O. The highest BCUT2D eigenvalue weighted by molar-refractivity contribution is 6.33. The Kier molecular flexibility index (Phi) is 7.20. The van der Waals surface area contributed by atoms with Gasteiger partial charge in [0.05, 0.1) is 33.9 Å². The van der Waals surface area contributed by atoms with E-state index < -0.39 is 87.9 Å². The molecule has 3 fully saturated rings. The summed E-state index contributed by atoms with van der Waals surface area (Å²) in [6.07, 6.45) is -3.02. The second kappa shape index (κ2) is 10.9. The molecule has 1 aromatic heterocycles. The van der Waals surface area contributed by atoms with Gasteiger partial charge in [-0.05, 0) is 67.6 Å². The number of aromatic hydroxyl groups is 1. The predicted octanol–water partition coefficient (Wildman–Crippen LogP) is 5.88. The van der Waals surface area contributed by atoms with Gasteiger partial charge in [-0.1, -0.05) is 47.5 Å². The van der Waals surface area contributed by atoms with Gasteiger partial charge in [0.1, 0.15) is 5.69 Å². The normalized spacial score (nSPS) is 28.3. The quantitative estimate of drug-likeness (QED) is 0.208. The summed E-state index contributed by atoms with van der Waals surface area (Å²) in [5.74, 6) is -9.08. The third-order valence-corrected chi connectivity index (χ3v) is 10.6. The molecule has 2 aliphatic carbocycles. The number of halogens is 5. The Morgan fingerprint density at radius 3 is 2.35 bits per heavy atom. The Morgan fingerprint density at radius 1 is 0.979 bits per heavy atom. The topological polar surface area (TPSA) is 111 Å². The molecule has 6 atom stereocenters. The lowest BCUT2D eigenvalue weighted by Gasteiger charge is -2.49. The van der Waals surface area contributed by atoms with E-state index in [4.69, 9.17) is 11.6 Å². The number of aromatic nitrogens is 1. The molecule has 7 rings (SSSR count). The van der Waals surface area contributed by atoms with Gasteiger partial charge in [0, 0.05) is 13.0 Å². The number of carbonyl (C=O) groups is 4. The molecule has 9 nitrogen and oxygen atoms in total. The fourth-order valence-electron chi connectivity index (χ4n) is 8.11. The van der Waals surface area contributed by atoms with Gasteiger partial charge in [0.2, 0.25) is 11.8 Å². The van der Waals surface area contributed by atoms with Crippen LogP contribution >= 0.6 is 11.6 Å². The number of benzene rings is 2. The van der Waals surface area contributed by atoms with Crippen molar-refractivity contribution in [1.29, 1.82) is 0 Å². The molecule has 2 aliphatic heterocycles. The molecule has 4 amide bonds. The standard InChI is InChI=1S/C34H27ClF4N4O5/c1-33-21(30(46)42(32(33)48)17-6-4-3-5-7-17)15-20-18(27(33)16-8-12-24(44)23(36)14-16)9-10-19-26(20)31(47)43(29(19)45)41(2)28-22(35)11-13-25(40-28)34(37,38)39/h3-9,11-14,19-21,26-27,44H,10,15H2,1-2H3. The minimum Gasteiger partial charge on any atom is -0.505 e. The van der Waals surface area contributed by atoms with E-state index in [1.165, 1.54) is 13.1 Å². The number of carbonyl (C=O) groups excluding carboxylic acids is 4. The molecule has 14 heteroatoms. The van der Waals surface area contributed by atoms with Crippen LogP contribution in [0.25, 0.3) is 0 Å². The van der Waals surface area contributed by atoms with Crippen molar-refractivity contribution < 1.29 is 41.8 Å². The third kappa shape index (κ3) is 4.46. The number of amides is 4. The van der Waals surface area contributed by atoms with Crippen LogP contribution in [0.15, 0.2) is 72.3 Å². The predicted molar refractivity (Wildman–Crippen MR) is 164 cm³/mol. The zero-order valence-electron chi connectivity index (χ0n) is 25.4. The number of phenolic OH excluding ortho intramolecular Hbond substituents is 1. The van der Waals surface area contributed by atoms with Crippen molar-refractivity contribution in [2.24, 2.45) is 29.1 Å². The number of fused-ring (bicyclic) bond motifs is 4. The van der Waals surface area contributed by atoms with Crippen molar-refractivity contribution in [3.8, 4) is 5.75 Å². The molecule has 2 aromatic carbocycles. The van der Waals surface area contributed by atoms with Gasteiger partial charge in [-0.25, -0.2) is 14.3 Å². The Labute approximate surface area is 276 Å². The number of nitrogens with zero attached hydrogens (tertiary/aromatic N) is 4. The first-order valence-electron chi connectivity index (χ1n) is 15.1. The first kappa shape index (κ1) is 31.8. The molecule has 6 unspecified atom stereocenters. The molecule has 0 radical (unpaired) electrons. The van der Waals surface area contributed by atoms with Crippen molar-refractivity contribution in [2.75, 3.05) is 17.0 Å². The van der Waals surface area contributed by atoms with Crippen molar-refractivity contribution in [2.45, 2.75) is 31.9 Å². The summed E-state index contributed by atoms with van der Waals surface area (Å²) in [5.41, 5.74) is -1.48. The van der Waals surface area contributed by atoms with Crippen LogP contribution in [0.4, 0.5) is 29.1 Å². The number of hydrogen-bond acceptors (Lipinski definition) is 7. The monoisotopic (exact) mass is 682 g/mol. The van der Waals surface area contributed by atoms with Gasteiger partial charge in [-0.15, -0.1) is 0 Å². The molecule has 3 aromatic rings. The summed E-state index contributed by atoms with van der Waals surface area (Å²) in [4.78, 5) is 61.3. The molecule has 0 bridgehead atoms. The van der Waals surface area contributed by atoms with Gasteiger partial charge in [-0.3, -0.25) is 24.2 Å². The van der Waals surface area contributed by atoms with Crippen LogP contribution in [0.3, 0.4) is 0 Å². The first-order chi connectivity index (χ1) is 22.7. The number of para-hydroxylation sites is 1. The minimum absolute atomic E-state index is 0.00755. The smallest absolute Gasteiger partial charge is 0.433 e. The highest BCUT2D eigenvalue weighted by atomic mass is 35.5. The molecule has 1 saturated carbocycles. The van der Waals surface area contributed by atoms with Gasteiger partial charge in [0.25, 0.3) is 11.8 Å². The molecular weight excluding hydrogens is 656 g/mol. The van der Waals surface area contributed by atoms with Crippen LogP contribution in [-0.2, 0) is 25.4 Å². The lowest BCUT2D eigenvalue weighted by atomic mass is 9.51. The van der Waals surface area contributed by atoms with E-state index in [9.17, 15) is 41.8 Å². The number of allylic oxidation sites excluding steroid dienone is 2. The number of imide groups is 2. The van der Waals surface area contributed by atoms with Gasteiger partial charge in [-0.2, -0.15) is 18.2 Å². The first-order valence-corrected chi connectivity index (χ1v) is 15.5. The summed E-state index contributed by atoms with van der Waals surface area (Å²) in [5, 5.41) is 11.4. The number of hydrogen-bond donors (Lipinski definition) is 1. The van der Waals surface area contributed by atoms with Crippen LogP contribution in [0.1, 0.15) is 36.9 Å². The van der Waals surface area contributed by atoms with Crippen molar-refractivity contribution in [3.63, 3.8) is 0 Å². The third-order valence-electron chi connectivity index (χ3n) is 10.3. The van der Waals surface area contributed by atoms with Crippen molar-refractivity contribution in [3.05, 3.63) is 94.4 Å². The summed E-state index contributed by atoms with van der Waals surface area (Å²) in [7, 11) is 1.21. The second-order valence-corrected chi connectivity index (χ2v) is 13.1.